The number of carbonyl (C=O) groups excluding carboxylic acids is 1. The lowest BCUT2D eigenvalue weighted by molar-refractivity contribution is -0.138. The van der Waals surface area contributed by atoms with Gasteiger partial charge in [-0.2, -0.15) is 0 Å². The summed E-state index contributed by atoms with van der Waals surface area (Å²) in [6.07, 6.45) is 3.36. The molecule has 1 aromatic rings. The van der Waals surface area contributed by atoms with Crippen LogP contribution in [0, 0.1) is 11.7 Å². The van der Waals surface area contributed by atoms with Crippen LogP contribution in [0.25, 0.3) is 0 Å². The maximum absolute atomic E-state index is 13.8. The van der Waals surface area contributed by atoms with Gasteiger partial charge < -0.3 is 10.0 Å². The molecule has 0 saturated carbocycles. The van der Waals surface area contributed by atoms with E-state index in [1.807, 2.05) is 0 Å². The van der Waals surface area contributed by atoms with E-state index in [1.54, 1.807) is 17.0 Å². The summed E-state index contributed by atoms with van der Waals surface area (Å²) in [6, 6.07) is 6.16. The van der Waals surface area contributed by atoms with Gasteiger partial charge in [-0.1, -0.05) is 12.1 Å². The average Bonchev–Trinajstić information content (AvgIpc) is 2.69. The normalized spacial score (nSPS) is 27.7. The average molecular weight is 291 g/mol. The summed E-state index contributed by atoms with van der Waals surface area (Å²) in [5.41, 5.74) is 0.117. The van der Waals surface area contributed by atoms with E-state index in [0.29, 0.717) is 12.8 Å². The summed E-state index contributed by atoms with van der Waals surface area (Å²) < 4.78 is 13.8. The highest BCUT2D eigenvalue weighted by Crippen LogP contribution is 2.40. The van der Waals surface area contributed by atoms with E-state index in [1.165, 1.54) is 12.1 Å². The Labute approximate surface area is 122 Å². The first kappa shape index (κ1) is 14.0. The minimum Gasteiger partial charge on any atom is -0.481 e. The van der Waals surface area contributed by atoms with E-state index in [2.05, 4.69) is 0 Å². The lowest BCUT2D eigenvalue weighted by atomic mass is 9.88. The van der Waals surface area contributed by atoms with Gasteiger partial charge in [-0.05, 0) is 43.7 Å². The Bertz CT molecular complexity index is 560. The molecule has 2 heterocycles. The molecule has 2 aliphatic rings. The van der Waals surface area contributed by atoms with Crippen molar-refractivity contribution in [1.82, 2.24) is 4.90 Å². The fourth-order valence-electron chi connectivity index (χ4n) is 3.81. The zero-order chi connectivity index (χ0) is 15.0. The molecule has 2 atom stereocenters. The molecule has 2 bridgehead atoms. The Hall–Kier alpha value is -1.91. The predicted molar refractivity (Wildman–Crippen MR) is 74.4 cm³/mol. The molecule has 2 unspecified atom stereocenters. The van der Waals surface area contributed by atoms with Gasteiger partial charge in [0.05, 0.1) is 5.56 Å². The van der Waals surface area contributed by atoms with Crippen molar-refractivity contribution < 1.29 is 19.1 Å². The molecule has 0 aliphatic carbocycles. The van der Waals surface area contributed by atoms with Gasteiger partial charge in [0.25, 0.3) is 5.91 Å². The third-order valence-electron chi connectivity index (χ3n) is 4.63. The number of hydrogen-bond acceptors (Lipinski definition) is 2. The first-order chi connectivity index (χ1) is 10.1. The van der Waals surface area contributed by atoms with Crippen LogP contribution in [0.4, 0.5) is 4.39 Å². The lowest BCUT2D eigenvalue weighted by Crippen LogP contribution is -2.47. The van der Waals surface area contributed by atoms with E-state index in [-0.39, 0.29) is 35.9 Å². The summed E-state index contributed by atoms with van der Waals surface area (Å²) >= 11 is 0. The smallest absolute Gasteiger partial charge is 0.303 e. The molecule has 1 amide bonds. The minimum atomic E-state index is -0.784. The van der Waals surface area contributed by atoms with Gasteiger partial charge in [-0.3, -0.25) is 9.59 Å². The van der Waals surface area contributed by atoms with E-state index in [0.717, 1.165) is 12.8 Å². The highest BCUT2D eigenvalue weighted by molar-refractivity contribution is 5.95. The molecular weight excluding hydrogens is 273 g/mol. The number of benzene rings is 1. The zero-order valence-corrected chi connectivity index (χ0v) is 11.7. The van der Waals surface area contributed by atoms with E-state index >= 15 is 0 Å². The van der Waals surface area contributed by atoms with Crippen molar-refractivity contribution in [3.63, 3.8) is 0 Å². The Morgan fingerprint density at radius 2 is 1.81 bits per heavy atom. The monoisotopic (exact) mass is 291 g/mol. The molecule has 2 aliphatic heterocycles. The maximum atomic E-state index is 13.8. The number of aliphatic carboxylic acids is 1. The lowest BCUT2D eigenvalue weighted by Gasteiger charge is -2.38. The minimum absolute atomic E-state index is 0.0557. The maximum Gasteiger partial charge on any atom is 0.303 e. The molecule has 5 heteroatoms. The van der Waals surface area contributed by atoms with Crippen molar-refractivity contribution >= 4 is 11.9 Å². The quantitative estimate of drug-likeness (QED) is 0.931. The fraction of sp³-hybridized carbons (Fsp3) is 0.500. The van der Waals surface area contributed by atoms with Crippen LogP contribution in [0.15, 0.2) is 24.3 Å². The van der Waals surface area contributed by atoms with Crippen LogP contribution < -0.4 is 0 Å². The van der Waals surface area contributed by atoms with Crippen LogP contribution in [0.3, 0.4) is 0 Å². The van der Waals surface area contributed by atoms with Crippen LogP contribution >= 0.6 is 0 Å². The van der Waals surface area contributed by atoms with Gasteiger partial charge in [0.2, 0.25) is 0 Å². The topological polar surface area (TPSA) is 57.6 Å². The highest BCUT2D eigenvalue weighted by Gasteiger charge is 2.44. The van der Waals surface area contributed by atoms with Crippen LogP contribution in [-0.2, 0) is 4.79 Å². The van der Waals surface area contributed by atoms with Gasteiger partial charge in [-0.25, -0.2) is 4.39 Å². The van der Waals surface area contributed by atoms with Crippen molar-refractivity contribution in [2.45, 2.75) is 44.2 Å². The second-order valence-electron chi connectivity index (χ2n) is 6.01. The van der Waals surface area contributed by atoms with Crippen LogP contribution in [0.1, 0.15) is 42.5 Å². The van der Waals surface area contributed by atoms with Crippen molar-refractivity contribution in [3.05, 3.63) is 35.6 Å². The number of rotatable bonds is 3. The molecule has 1 N–H and O–H groups in total. The Kier molecular flexibility index (Phi) is 3.66. The molecule has 21 heavy (non-hydrogen) atoms. The van der Waals surface area contributed by atoms with E-state index in [9.17, 15) is 14.0 Å². The molecule has 0 radical (unpaired) electrons. The standard InChI is InChI=1S/C16H18FNO3/c17-14-4-2-1-3-13(14)16(21)18-11-5-6-12(18)8-10(7-11)9-15(19)20/h1-4,10-12H,5-9H2,(H,19,20). The third-order valence-corrected chi connectivity index (χ3v) is 4.63. The molecule has 2 fully saturated rings. The van der Waals surface area contributed by atoms with Crippen LogP contribution in [0.2, 0.25) is 0 Å². The molecule has 2 saturated heterocycles. The highest BCUT2D eigenvalue weighted by atomic mass is 19.1. The Morgan fingerprint density at radius 3 is 2.38 bits per heavy atom. The molecule has 0 aromatic heterocycles. The number of fused-ring (bicyclic) bond motifs is 2. The summed E-state index contributed by atoms with van der Waals surface area (Å²) in [7, 11) is 0. The molecule has 0 spiro atoms. The first-order valence-electron chi connectivity index (χ1n) is 7.35. The summed E-state index contributed by atoms with van der Waals surface area (Å²) in [5.74, 6) is -1.40. The second kappa shape index (κ2) is 5.47. The summed E-state index contributed by atoms with van der Waals surface area (Å²) in [5, 5.41) is 8.92. The van der Waals surface area contributed by atoms with Gasteiger partial charge in [0.15, 0.2) is 0 Å². The van der Waals surface area contributed by atoms with Gasteiger partial charge in [0, 0.05) is 18.5 Å². The van der Waals surface area contributed by atoms with E-state index in [4.69, 9.17) is 5.11 Å². The number of hydrogen-bond donors (Lipinski definition) is 1. The molecule has 112 valence electrons. The van der Waals surface area contributed by atoms with Crippen LogP contribution in [0.5, 0.6) is 0 Å². The summed E-state index contributed by atoms with van der Waals surface area (Å²) in [4.78, 5) is 25.2. The second-order valence-corrected chi connectivity index (χ2v) is 6.01. The fourth-order valence-corrected chi connectivity index (χ4v) is 3.81. The molecular formula is C16H18FNO3. The van der Waals surface area contributed by atoms with Crippen molar-refractivity contribution in [1.29, 1.82) is 0 Å². The predicted octanol–water partition coefficient (Wildman–Crippen LogP) is 2.68. The molecule has 3 rings (SSSR count). The first-order valence-corrected chi connectivity index (χ1v) is 7.35. The van der Waals surface area contributed by atoms with Crippen LogP contribution in [-0.4, -0.2) is 34.0 Å². The largest absolute Gasteiger partial charge is 0.481 e. The van der Waals surface area contributed by atoms with Crippen molar-refractivity contribution in [2.24, 2.45) is 5.92 Å². The molecule has 1 aromatic carbocycles. The summed E-state index contributed by atoms with van der Waals surface area (Å²) in [6.45, 7) is 0. The van der Waals surface area contributed by atoms with E-state index < -0.39 is 11.8 Å². The zero-order valence-electron chi connectivity index (χ0n) is 11.7. The Balaban J connectivity index is 1.78. The van der Waals surface area contributed by atoms with Crippen molar-refractivity contribution in [2.75, 3.05) is 0 Å². The number of carboxylic acids is 1. The number of carbonyl (C=O) groups is 2. The number of nitrogens with zero attached hydrogens (tertiary/aromatic N) is 1. The van der Waals surface area contributed by atoms with Crippen molar-refractivity contribution in [3.8, 4) is 0 Å². The number of piperidine rings is 1. The number of halogens is 1. The third kappa shape index (κ3) is 2.64. The van der Waals surface area contributed by atoms with Gasteiger partial charge >= 0.3 is 5.97 Å². The van der Waals surface area contributed by atoms with Gasteiger partial charge in [-0.15, -0.1) is 0 Å². The number of carboxylic acid groups (broad SMARTS) is 1. The van der Waals surface area contributed by atoms with Gasteiger partial charge in [0.1, 0.15) is 5.82 Å². The number of amides is 1. The SMILES string of the molecule is O=C(O)CC1CC2CCC(C1)N2C(=O)c1ccccc1F. The molecule has 4 nitrogen and oxygen atoms in total. The Morgan fingerprint density at radius 1 is 1.19 bits per heavy atom.